The Kier molecular flexibility index (Phi) is 6.82. The summed E-state index contributed by atoms with van der Waals surface area (Å²) in [5, 5.41) is 11.0. The third kappa shape index (κ3) is 4.67. The number of carbonyl (C=O) groups is 4. The van der Waals surface area contributed by atoms with Gasteiger partial charge in [0.1, 0.15) is 6.29 Å². The maximum atomic E-state index is 13.1. The zero-order chi connectivity index (χ0) is 26.4. The molecule has 1 amide bonds. The number of rotatable bonds is 11. The number of amides is 1. The van der Waals surface area contributed by atoms with Crippen LogP contribution in [-0.4, -0.2) is 53.6 Å². The number of primary amides is 1. The first-order valence-electron chi connectivity index (χ1n) is 14.5. The first-order chi connectivity index (χ1) is 18.4. The van der Waals surface area contributed by atoms with Gasteiger partial charge in [-0.3, -0.25) is 19.4 Å². The maximum absolute atomic E-state index is 13.1. The normalized spacial score (nSPS) is 29.7. The van der Waals surface area contributed by atoms with Crippen LogP contribution in [0.1, 0.15) is 84.9 Å². The van der Waals surface area contributed by atoms with Crippen molar-refractivity contribution in [2.45, 2.75) is 70.3 Å². The highest BCUT2D eigenvalue weighted by atomic mass is 16.2. The van der Waals surface area contributed by atoms with E-state index in [0.717, 1.165) is 43.5 Å². The predicted molar refractivity (Wildman–Crippen MR) is 144 cm³/mol. The van der Waals surface area contributed by atoms with E-state index >= 15 is 0 Å². The zero-order valence-corrected chi connectivity index (χ0v) is 21.9. The van der Waals surface area contributed by atoms with Crippen LogP contribution in [0.2, 0.25) is 0 Å². The molecule has 4 aliphatic carbocycles. The molecule has 1 aromatic carbocycles. The zero-order valence-electron chi connectivity index (χ0n) is 21.9. The van der Waals surface area contributed by atoms with E-state index in [-0.39, 0.29) is 24.4 Å². The first kappa shape index (κ1) is 25.3. The Bertz CT molecular complexity index is 1160. The van der Waals surface area contributed by atoms with E-state index in [1.807, 2.05) is 6.07 Å². The van der Waals surface area contributed by atoms with Crippen molar-refractivity contribution < 1.29 is 19.2 Å². The minimum atomic E-state index is -1.13. The van der Waals surface area contributed by atoms with Gasteiger partial charge < -0.3 is 15.8 Å². The summed E-state index contributed by atoms with van der Waals surface area (Å²) in [4.78, 5) is 48.8. The van der Waals surface area contributed by atoms with Crippen molar-refractivity contribution in [2.75, 3.05) is 18.4 Å². The number of anilines is 1. The van der Waals surface area contributed by atoms with Crippen molar-refractivity contribution in [1.82, 2.24) is 5.01 Å². The molecule has 2 unspecified atom stereocenters. The van der Waals surface area contributed by atoms with Gasteiger partial charge in [0, 0.05) is 54.0 Å². The molecule has 3 saturated carbocycles. The van der Waals surface area contributed by atoms with Gasteiger partial charge in [-0.1, -0.05) is 12.8 Å². The van der Waals surface area contributed by atoms with Crippen LogP contribution in [0.3, 0.4) is 0 Å². The van der Waals surface area contributed by atoms with Gasteiger partial charge in [0.25, 0.3) is 0 Å². The molecule has 3 N–H and O–H groups in total. The summed E-state index contributed by atoms with van der Waals surface area (Å²) in [5.41, 5.74) is 8.47. The quantitative estimate of drug-likeness (QED) is 0.339. The molecule has 3 fully saturated rings. The molecule has 1 heterocycles. The highest BCUT2D eigenvalue weighted by Crippen LogP contribution is 2.45. The Morgan fingerprint density at radius 1 is 1.11 bits per heavy atom. The lowest BCUT2D eigenvalue weighted by Crippen LogP contribution is -2.44. The van der Waals surface area contributed by atoms with Crippen LogP contribution in [0.5, 0.6) is 0 Å². The summed E-state index contributed by atoms with van der Waals surface area (Å²) < 4.78 is 0. The number of benzene rings is 1. The van der Waals surface area contributed by atoms with Gasteiger partial charge in [-0.05, 0) is 80.9 Å². The minimum Gasteiger partial charge on any atom is -0.385 e. The van der Waals surface area contributed by atoms with Crippen molar-refractivity contribution in [1.29, 1.82) is 0 Å². The molecule has 0 spiro atoms. The van der Waals surface area contributed by atoms with E-state index in [1.165, 1.54) is 44.2 Å². The molecule has 38 heavy (non-hydrogen) atoms. The Morgan fingerprint density at radius 2 is 1.84 bits per heavy atom. The van der Waals surface area contributed by atoms with Gasteiger partial charge in [0.15, 0.2) is 11.6 Å². The Hall–Kier alpha value is -3.03. The monoisotopic (exact) mass is 518 g/mol. The van der Waals surface area contributed by atoms with Gasteiger partial charge in [0.2, 0.25) is 5.91 Å². The number of nitrogens with zero attached hydrogens (tertiary/aromatic N) is 2. The number of hydrazone groups is 1. The molecular weight excluding hydrogens is 480 g/mol. The smallest absolute Gasteiger partial charge is 0.221 e. The van der Waals surface area contributed by atoms with Gasteiger partial charge >= 0.3 is 0 Å². The van der Waals surface area contributed by atoms with E-state index in [0.29, 0.717) is 35.3 Å². The van der Waals surface area contributed by atoms with Gasteiger partial charge in [0.05, 0.1) is 11.8 Å². The van der Waals surface area contributed by atoms with Crippen molar-refractivity contribution in [3.8, 4) is 0 Å². The topological polar surface area (TPSA) is 122 Å². The maximum Gasteiger partial charge on any atom is 0.221 e. The van der Waals surface area contributed by atoms with Crippen molar-refractivity contribution >= 4 is 35.2 Å². The number of Topliss-reactive ketones (excluding diaryl/α,β-unsaturated/α-hetero) is 2. The standard InChI is InChI=1S/C30H38N4O4/c31-30(38)23(6-3-11-35)26-28(36)22-10-9-20(14-24(22)29(26)37)32-15-17-12-21(13-17)34-16-25(18-4-1-2-5-18)27(33-34)19-7-8-19/h9-11,14,17-19,21,23,25-26,32H,1-8,12-13,15-16H2,(H2,31,38)/t17?,21?,23-,25?,26?/m0/s1. The second-order valence-corrected chi connectivity index (χ2v) is 12.2. The minimum absolute atomic E-state index is 0.0854. The summed E-state index contributed by atoms with van der Waals surface area (Å²) in [7, 11) is 0. The Balaban J connectivity index is 1.04. The molecule has 0 radical (unpaired) electrons. The third-order valence-corrected chi connectivity index (χ3v) is 9.68. The molecule has 3 atom stereocenters. The Morgan fingerprint density at radius 3 is 2.53 bits per heavy atom. The second kappa shape index (κ2) is 10.3. The van der Waals surface area contributed by atoms with Crippen molar-refractivity contribution in [3.63, 3.8) is 0 Å². The summed E-state index contributed by atoms with van der Waals surface area (Å²) in [6.07, 6.45) is 11.3. The van der Waals surface area contributed by atoms with Crippen LogP contribution in [-0.2, 0) is 9.59 Å². The summed E-state index contributed by atoms with van der Waals surface area (Å²) in [6, 6.07) is 5.74. The molecule has 8 heteroatoms. The van der Waals surface area contributed by atoms with Crippen LogP contribution in [0.4, 0.5) is 5.69 Å². The molecular formula is C30H38N4O4. The lowest BCUT2D eigenvalue weighted by atomic mass is 9.79. The van der Waals surface area contributed by atoms with Crippen LogP contribution in [0.25, 0.3) is 0 Å². The number of nitrogens with one attached hydrogen (secondary N) is 1. The molecule has 0 saturated heterocycles. The molecule has 1 aliphatic heterocycles. The van der Waals surface area contributed by atoms with E-state index in [9.17, 15) is 19.2 Å². The molecule has 0 aromatic heterocycles. The number of ketones is 2. The molecule has 5 aliphatic rings. The third-order valence-electron chi connectivity index (χ3n) is 9.68. The Labute approximate surface area is 223 Å². The average molecular weight is 519 g/mol. The highest BCUT2D eigenvalue weighted by molar-refractivity contribution is 6.28. The fourth-order valence-electron chi connectivity index (χ4n) is 7.29. The molecule has 0 bridgehead atoms. The van der Waals surface area contributed by atoms with E-state index in [2.05, 4.69) is 10.3 Å². The lowest BCUT2D eigenvalue weighted by Gasteiger charge is -2.41. The summed E-state index contributed by atoms with van der Waals surface area (Å²) in [6.45, 7) is 1.92. The first-order valence-corrected chi connectivity index (χ1v) is 14.5. The fourth-order valence-corrected chi connectivity index (χ4v) is 7.29. The second-order valence-electron chi connectivity index (χ2n) is 12.2. The molecule has 202 valence electrons. The number of carbonyl (C=O) groups excluding carboxylic acids is 4. The largest absolute Gasteiger partial charge is 0.385 e. The van der Waals surface area contributed by atoms with Crippen molar-refractivity contribution in [2.24, 2.45) is 46.3 Å². The van der Waals surface area contributed by atoms with Crippen LogP contribution < -0.4 is 11.1 Å². The summed E-state index contributed by atoms with van der Waals surface area (Å²) in [5.74, 6) is -0.725. The highest BCUT2D eigenvalue weighted by Gasteiger charge is 2.46. The predicted octanol–water partition coefficient (Wildman–Crippen LogP) is 3.84. The fraction of sp³-hybridized carbons (Fsp3) is 0.633. The lowest BCUT2D eigenvalue weighted by molar-refractivity contribution is -0.123. The van der Waals surface area contributed by atoms with Crippen LogP contribution in [0.15, 0.2) is 23.3 Å². The number of nitrogens with two attached hydrogens (primary N) is 1. The number of hydrogen-bond donors (Lipinski definition) is 2. The van der Waals surface area contributed by atoms with Crippen LogP contribution in [0, 0.1) is 35.5 Å². The molecule has 1 aromatic rings. The van der Waals surface area contributed by atoms with E-state index in [4.69, 9.17) is 10.8 Å². The average Bonchev–Trinajstić information content (AvgIpc) is 3.30. The van der Waals surface area contributed by atoms with Gasteiger partial charge in [-0.2, -0.15) is 5.10 Å². The number of hydrogen-bond acceptors (Lipinski definition) is 7. The number of fused-ring (bicyclic) bond motifs is 1. The molecule has 8 nitrogen and oxygen atoms in total. The van der Waals surface area contributed by atoms with Crippen molar-refractivity contribution in [3.05, 3.63) is 29.3 Å². The van der Waals surface area contributed by atoms with Gasteiger partial charge in [-0.15, -0.1) is 0 Å². The van der Waals surface area contributed by atoms with Crippen LogP contribution >= 0.6 is 0 Å². The number of aldehydes is 1. The van der Waals surface area contributed by atoms with E-state index in [1.54, 1.807) is 12.1 Å². The van der Waals surface area contributed by atoms with E-state index < -0.39 is 17.7 Å². The molecule has 6 rings (SSSR count). The van der Waals surface area contributed by atoms with Gasteiger partial charge in [-0.25, -0.2) is 0 Å². The SMILES string of the molecule is NC(=O)[C@@H](CCC=O)C1C(=O)c2ccc(NCC3CC(N4CC(C5CCCC5)C(C5CC5)=N4)C3)cc2C1=O. The summed E-state index contributed by atoms with van der Waals surface area (Å²) >= 11 is 0.